The molecule has 1 N–H and O–H groups in total. The maximum absolute atomic E-state index is 12.8. The van der Waals surface area contributed by atoms with Gasteiger partial charge in [-0.15, -0.1) is 0 Å². The van der Waals surface area contributed by atoms with E-state index in [4.69, 9.17) is 25.8 Å². The van der Waals surface area contributed by atoms with Crippen LogP contribution < -0.4 is 14.8 Å². The summed E-state index contributed by atoms with van der Waals surface area (Å²) >= 11 is 5.84. The van der Waals surface area contributed by atoms with Crippen molar-refractivity contribution in [3.05, 3.63) is 53.1 Å². The number of ether oxygens (including phenoxy) is 3. The summed E-state index contributed by atoms with van der Waals surface area (Å²) in [5.41, 5.74) is -1.23. The topological polar surface area (TPSA) is 73.9 Å². The number of hydrogen-bond acceptors (Lipinski definition) is 5. The Labute approximate surface area is 168 Å². The minimum atomic E-state index is -4.60. The number of rotatable bonds is 4. The van der Waals surface area contributed by atoms with Gasteiger partial charge in [0, 0.05) is 0 Å². The quantitative estimate of drug-likeness (QED) is 0.742. The van der Waals surface area contributed by atoms with Gasteiger partial charge in [0.1, 0.15) is 6.61 Å². The zero-order chi connectivity index (χ0) is 21.2. The van der Waals surface area contributed by atoms with Crippen LogP contribution in [0.15, 0.2) is 42.5 Å². The molecule has 0 radical (unpaired) electrons. The third-order valence-electron chi connectivity index (χ3n) is 3.99. The van der Waals surface area contributed by atoms with Crippen LogP contribution in [0.25, 0.3) is 0 Å². The number of hydrogen-bond donors (Lipinski definition) is 1. The van der Waals surface area contributed by atoms with E-state index in [0.29, 0.717) is 17.6 Å². The van der Waals surface area contributed by atoms with Gasteiger partial charge in [0.2, 0.25) is 6.10 Å². The number of fused-ring (bicyclic) bond motifs is 1. The van der Waals surface area contributed by atoms with E-state index in [-0.39, 0.29) is 17.3 Å². The molecule has 0 aromatic heterocycles. The van der Waals surface area contributed by atoms with Gasteiger partial charge in [-0.25, -0.2) is 4.79 Å². The zero-order valence-corrected chi connectivity index (χ0v) is 15.7. The van der Waals surface area contributed by atoms with Gasteiger partial charge in [0.25, 0.3) is 5.91 Å². The number of halogens is 4. The number of benzene rings is 2. The van der Waals surface area contributed by atoms with Gasteiger partial charge >= 0.3 is 12.1 Å². The molecule has 154 valence electrons. The first kappa shape index (κ1) is 20.8. The number of anilines is 1. The molecule has 1 heterocycles. The van der Waals surface area contributed by atoms with Crippen LogP contribution in [-0.4, -0.2) is 30.7 Å². The number of para-hydroxylation sites is 2. The Bertz CT molecular complexity index is 934. The monoisotopic (exact) mass is 429 g/mol. The van der Waals surface area contributed by atoms with Crippen LogP contribution in [0.3, 0.4) is 0 Å². The summed E-state index contributed by atoms with van der Waals surface area (Å²) in [4.78, 5) is 24.5. The SMILES string of the molecule is C[C@@H](OC(=O)[C@@H]1COc2ccccc2O1)C(=O)Nc1cc(C(F)(F)F)ccc1Cl. The highest BCUT2D eigenvalue weighted by Crippen LogP contribution is 2.34. The first-order chi connectivity index (χ1) is 13.6. The third-order valence-corrected chi connectivity index (χ3v) is 4.31. The van der Waals surface area contributed by atoms with Gasteiger partial charge in [0.15, 0.2) is 17.6 Å². The lowest BCUT2D eigenvalue weighted by Gasteiger charge is -2.26. The van der Waals surface area contributed by atoms with Gasteiger partial charge in [-0.1, -0.05) is 23.7 Å². The molecule has 0 spiro atoms. The summed E-state index contributed by atoms with van der Waals surface area (Å²) in [5, 5.41) is 2.13. The maximum Gasteiger partial charge on any atom is 0.416 e. The van der Waals surface area contributed by atoms with E-state index < -0.39 is 35.8 Å². The molecule has 1 aliphatic rings. The van der Waals surface area contributed by atoms with E-state index in [0.717, 1.165) is 12.1 Å². The van der Waals surface area contributed by atoms with Crippen LogP contribution in [0, 0.1) is 0 Å². The molecule has 1 amide bonds. The second-order valence-electron chi connectivity index (χ2n) is 6.12. The molecule has 2 aromatic carbocycles. The fourth-order valence-corrected chi connectivity index (χ4v) is 2.64. The molecule has 29 heavy (non-hydrogen) atoms. The fourth-order valence-electron chi connectivity index (χ4n) is 2.47. The van der Waals surface area contributed by atoms with E-state index in [1.807, 2.05) is 0 Å². The van der Waals surface area contributed by atoms with Crippen LogP contribution in [0.2, 0.25) is 5.02 Å². The number of esters is 1. The molecule has 0 saturated carbocycles. The van der Waals surface area contributed by atoms with Crippen molar-refractivity contribution in [3.8, 4) is 11.5 Å². The maximum atomic E-state index is 12.8. The van der Waals surface area contributed by atoms with Gasteiger partial charge < -0.3 is 19.5 Å². The molecule has 0 aliphatic carbocycles. The van der Waals surface area contributed by atoms with Gasteiger partial charge in [-0.05, 0) is 37.3 Å². The summed E-state index contributed by atoms with van der Waals surface area (Å²) in [6.45, 7) is 1.16. The standard InChI is InChI=1S/C19H15ClF3NO5/c1-10(17(25)24-13-8-11(19(21,22)23)6-7-12(13)20)28-18(26)16-9-27-14-4-2-3-5-15(14)29-16/h2-8,10,16H,9H2,1H3,(H,24,25)/t10-,16+/m1/s1. The normalized spacial score (nSPS) is 16.7. The smallest absolute Gasteiger partial charge is 0.416 e. The van der Waals surface area contributed by atoms with E-state index in [1.165, 1.54) is 6.92 Å². The zero-order valence-electron chi connectivity index (χ0n) is 15.0. The predicted octanol–water partition coefficient (Wildman–Crippen LogP) is 4.07. The average molecular weight is 430 g/mol. The highest BCUT2D eigenvalue weighted by molar-refractivity contribution is 6.33. The molecular weight excluding hydrogens is 415 g/mol. The molecule has 6 nitrogen and oxygen atoms in total. The van der Waals surface area contributed by atoms with Gasteiger partial charge in [-0.3, -0.25) is 4.79 Å². The summed E-state index contributed by atoms with van der Waals surface area (Å²) in [7, 11) is 0. The van der Waals surface area contributed by atoms with Crippen LogP contribution in [0.1, 0.15) is 12.5 Å². The predicted molar refractivity (Wildman–Crippen MR) is 97.0 cm³/mol. The first-order valence-electron chi connectivity index (χ1n) is 8.41. The van der Waals surface area contributed by atoms with Crippen molar-refractivity contribution >= 4 is 29.2 Å². The Morgan fingerprint density at radius 1 is 1.21 bits per heavy atom. The summed E-state index contributed by atoms with van der Waals surface area (Å²) in [5.74, 6) is -0.871. The highest BCUT2D eigenvalue weighted by atomic mass is 35.5. The van der Waals surface area contributed by atoms with E-state index in [9.17, 15) is 22.8 Å². The van der Waals surface area contributed by atoms with E-state index >= 15 is 0 Å². The Kier molecular flexibility index (Phi) is 5.88. The lowest BCUT2D eigenvalue weighted by Crippen LogP contribution is -2.41. The third kappa shape index (κ3) is 4.92. The molecule has 3 rings (SSSR count). The van der Waals surface area contributed by atoms with Crippen molar-refractivity contribution < 1.29 is 37.0 Å². The number of alkyl halides is 3. The van der Waals surface area contributed by atoms with E-state index in [2.05, 4.69) is 5.32 Å². The lowest BCUT2D eigenvalue weighted by atomic mass is 10.2. The second-order valence-corrected chi connectivity index (χ2v) is 6.53. The molecule has 2 aromatic rings. The van der Waals surface area contributed by atoms with Crippen LogP contribution >= 0.6 is 11.6 Å². The van der Waals surface area contributed by atoms with Crippen molar-refractivity contribution in [3.63, 3.8) is 0 Å². The fraction of sp³-hybridized carbons (Fsp3) is 0.263. The van der Waals surface area contributed by atoms with Crippen molar-refractivity contribution in [1.29, 1.82) is 0 Å². The van der Waals surface area contributed by atoms with Gasteiger partial charge in [0.05, 0.1) is 16.3 Å². The number of amides is 1. The molecule has 0 saturated heterocycles. The highest BCUT2D eigenvalue weighted by Gasteiger charge is 2.33. The average Bonchev–Trinajstić information content (AvgIpc) is 2.68. The molecule has 0 bridgehead atoms. The molecule has 10 heteroatoms. The lowest BCUT2D eigenvalue weighted by molar-refractivity contribution is -0.162. The second kappa shape index (κ2) is 8.20. The van der Waals surface area contributed by atoms with E-state index in [1.54, 1.807) is 24.3 Å². The molecule has 0 unspecified atom stereocenters. The van der Waals surface area contributed by atoms with Gasteiger partial charge in [-0.2, -0.15) is 13.2 Å². The van der Waals surface area contributed by atoms with Crippen LogP contribution in [0.4, 0.5) is 18.9 Å². The number of nitrogens with one attached hydrogen (secondary N) is 1. The van der Waals surface area contributed by atoms with Crippen molar-refractivity contribution in [2.24, 2.45) is 0 Å². The van der Waals surface area contributed by atoms with Crippen molar-refractivity contribution in [2.75, 3.05) is 11.9 Å². The Hall–Kier alpha value is -2.94. The molecular formula is C19H15ClF3NO5. The Morgan fingerprint density at radius 2 is 1.90 bits per heavy atom. The van der Waals surface area contributed by atoms with Crippen LogP contribution in [0.5, 0.6) is 11.5 Å². The van der Waals surface area contributed by atoms with Crippen molar-refractivity contribution in [2.45, 2.75) is 25.3 Å². The summed E-state index contributed by atoms with van der Waals surface area (Å²) in [6, 6.07) is 9.23. The minimum Gasteiger partial charge on any atom is -0.485 e. The Morgan fingerprint density at radius 3 is 2.59 bits per heavy atom. The molecule has 2 atom stereocenters. The molecule has 1 aliphatic heterocycles. The Balaban J connectivity index is 1.62. The first-order valence-corrected chi connectivity index (χ1v) is 8.79. The van der Waals surface area contributed by atoms with Crippen molar-refractivity contribution in [1.82, 2.24) is 0 Å². The minimum absolute atomic E-state index is 0.0921. The summed E-state index contributed by atoms with van der Waals surface area (Å²) in [6.07, 6.45) is -7.00. The molecule has 0 fully saturated rings. The van der Waals surface area contributed by atoms with Crippen LogP contribution in [-0.2, 0) is 20.5 Å². The summed E-state index contributed by atoms with van der Waals surface area (Å²) < 4.78 is 54.4. The number of carbonyl (C=O) groups is 2. The largest absolute Gasteiger partial charge is 0.485 e. The number of carbonyl (C=O) groups excluding carboxylic acids is 2.